The summed E-state index contributed by atoms with van der Waals surface area (Å²) >= 11 is 0. The Balaban J connectivity index is 0.000000980. The molecule has 2 rings (SSSR count). The van der Waals surface area contributed by atoms with Gasteiger partial charge in [0.05, 0.1) is 0 Å². The molecule has 0 unspecified atom stereocenters. The minimum atomic E-state index is 0. The average molecular weight is 216 g/mol. The summed E-state index contributed by atoms with van der Waals surface area (Å²) in [5.41, 5.74) is 0. The van der Waals surface area contributed by atoms with E-state index in [4.69, 9.17) is 4.74 Å². The number of benzene rings is 2. The van der Waals surface area contributed by atoms with E-state index in [1.54, 1.807) is 0 Å². The fraction of sp³-hybridized carbons (Fsp3) is 0. The zero-order valence-corrected chi connectivity index (χ0v) is 13.2. The maximum Gasteiger partial charge on any atom is 1.00 e. The second kappa shape index (κ2) is 8.40. The summed E-state index contributed by atoms with van der Waals surface area (Å²) in [6, 6.07) is 19.5. The van der Waals surface area contributed by atoms with Crippen molar-refractivity contribution in [3.63, 3.8) is 0 Å². The quantitative estimate of drug-likeness (QED) is 0.504. The number of hydrogen-bond acceptors (Lipinski definition) is 1. The van der Waals surface area contributed by atoms with Gasteiger partial charge in [-0.25, -0.2) is 0 Å². The van der Waals surface area contributed by atoms with Crippen LogP contribution in [-0.4, -0.2) is 0 Å². The van der Waals surface area contributed by atoms with Crippen molar-refractivity contribution in [2.75, 3.05) is 0 Å². The second-order valence-corrected chi connectivity index (χ2v) is 2.73. The predicted molar refractivity (Wildman–Crippen MR) is 53.0 cm³/mol. The molecule has 3 heteroatoms. The summed E-state index contributed by atoms with van der Waals surface area (Å²) in [5.74, 6) is 1.74. The monoisotopic (exact) mass is 216 g/mol. The van der Waals surface area contributed by atoms with Gasteiger partial charge in [-0.05, 0) is 24.3 Å². The van der Waals surface area contributed by atoms with E-state index in [1.165, 1.54) is 0 Å². The third kappa shape index (κ3) is 5.21. The van der Waals surface area contributed by atoms with Crippen molar-refractivity contribution in [3.05, 3.63) is 60.7 Å². The molecular weight excluding hydrogens is 206 g/mol. The first-order chi connectivity index (χ1) is 6.45. The van der Waals surface area contributed by atoms with Crippen LogP contribution in [0.15, 0.2) is 60.7 Å². The van der Waals surface area contributed by atoms with Gasteiger partial charge >= 0.3 is 59.1 Å². The van der Waals surface area contributed by atoms with E-state index in [1.807, 2.05) is 60.7 Å². The van der Waals surface area contributed by atoms with Crippen LogP contribution in [0.2, 0.25) is 0 Å². The van der Waals surface area contributed by atoms with Gasteiger partial charge in [0.2, 0.25) is 0 Å². The van der Waals surface area contributed by atoms with Crippen molar-refractivity contribution in [1.29, 1.82) is 0 Å². The first-order valence-corrected chi connectivity index (χ1v) is 4.23. The van der Waals surface area contributed by atoms with E-state index in [0.29, 0.717) is 0 Å². The minimum absolute atomic E-state index is 0. The molecule has 2 aromatic carbocycles. The Kier molecular flexibility index (Phi) is 8.53. The van der Waals surface area contributed by atoms with E-state index in [-0.39, 0.29) is 59.1 Å². The zero-order valence-electron chi connectivity index (χ0n) is 9.18. The van der Waals surface area contributed by atoms with Crippen molar-refractivity contribution in [2.24, 2.45) is 0 Å². The number of para-hydroxylation sites is 2. The largest absolute Gasteiger partial charge is 1.00 e. The van der Waals surface area contributed by atoms with Gasteiger partial charge in [0, 0.05) is 0 Å². The molecule has 0 spiro atoms. The van der Waals surface area contributed by atoms with Gasteiger partial charge in [-0.2, -0.15) is 0 Å². The van der Waals surface area contributed by atoms with Gasteiger partial charge < -0.3 is 4.74 Å². The SMILES string of the molecule is [Na+].[Na+].c1ccc(Oc2ccccc2)cc1. The molecule has 0 radical (unpaired) electrons. The number of hydrogen-bond donors (Lipinski definition) is 0. The Hall–Kier alpha value is 0.240. The zero-order chi connectivity index (χ0) is 8.93. The Labute approximate surface area is 134 Å². The van der Waals surface area contributed by atoms with Crippen molar-refractivity contribution in [3.8, 4) is 11.5 Å². The summed E-state index contributed by atoms with van der Waals surface area (Å²) in [6.07, 6.45) is 0. The molecule has 0 aliphatic heterocycles. The minimum Gasteiger partial charge on any atom is -0.457 e. The molecule has 0 aromatic heterocycles. The van der Waals surface area contributed by atoms with Crippen LogP contribution in [0.3, 0.4) is 0 Å². The first-order valence-electron chi connectivity index (χ1n) is 4.23. The average Bonchev–Trinajstić information content (AvgIpc) is 2.21. The molecule has 64 valence electrons. The molecule has 0 saturated carbocycles. The van der Waals surface area contributed by atoms with E-state index < -0.39 is 0 Å². The second-order valence-electron chi connectivity index (χ2n) is 2.73. The van der Waals surface area contributed by atoms with Crippen molar-refractivity contribution >= 4 is 0 Å². The van der Waals surface area contributed by atoms with Crippen LogP contribution in [0.1, 0.15) is 0 Å². The molecule has 15 heavy (non-hydrogen) atoms. The van der Waals surface area contributed by atoms with Gasteiger partial charge in [-0.3, -0.25) is 0 Å². The van der Waals surface area contributed by atoms with Gasteiger partial charge in [0.1, 0.15) is 11.5 Å². The van der Waals surface area contributed by atoms with E-state index in [0.717, 1.165) is 11.5 Å². The van der Waals surface area contributed by atoms with Crippen LogP contribution < -0.4 is 63.9 Å². The fourth-order valence-electron chi connectivity index (χ4n) is 1.11. The van der Waals surface area contributed by atoms with Crippen LogP contribution in [0, 0.1) is 0 Å². The summed E-state index contributed by atoms with van der Waals surface area (Å²) in [5, 5.41) is 0. The Morgan fingerprint density at radius 2 is 0.867 bits per heavy atom. The molecule has 1 nitrogen and oxygen atoms in total. The summed E-state index contributed by atoms with van der Waals surface area (Å²) in [6.45, 7) is 0. The van der Waals surface area contributed by atoms with Crippen molar-refractivity contribution < 1.29 is 63.9 Å². The molecule has 0 fully saturated rings. The van der Waals surface area contributed by atoms with E-state index >= 15 is 0 Å². The molecule has 0 heterocycles. The summed E-state index contributed by atoms with van der Waals surface area (Å²) in [7, 11) is 0. The topological polar surface area (TPSA) is 9.23 Å². The standard InChI is InChI=1S/C12H10O.2Na/c1-3-7-11(8-4-1)13-12-9-5-2-6-10-12;;/h1-10H;;/q;2*+1. The van der Waals surface area contributed by atoms with Gasteiger partial charge in [-0.1, -0.05) is 36.4 Å². The van der Waals surface area contributed by atoms with Crippen molar-refractivity contribution in [1.82, 2.24) is 0 Å². The normalized spacial score (nSPS) is 8.27. The molecule has 0 aliphatic rings. The fourth-order valence-corrected chi connectivity index (χ4v) is 1.11. The summed E-state index contributed by atoms with van der Waals surface area (Å²) < 4.78 is 5.58. The molecule has 0 amide bonds. The predicted octanol–water partition coefficient (Wildman–Crippen LogP) is -2.51. The van der Waals surface area contributed by atoms with E-state index in [2.05, 4.69) is 0 Å². The van der Waals surface area contributed by atoms with Crippen LogP contribution in [0.5, 0.6) is 11.5 Å². The molecule has 0 N–H and O–H groups in total. The molecule has 0 bridgehead atoms. The van der Waals surface area contributed by atoms with Crippen LogP contribution >= 0.6 is 0 Å². The Bertz CT molecular complexity index is 324. The van der Waals surface area contributed by atoms with Gasteiger partial charge in [0.25, 0.3) is 0 Å². The molecular formula is C12H10Na2O+2. The first kappa shape index (κ1) is 15.2. The third-order valence-electron chi connectivity index (χ3n) is 1.72. The Morgan fingerprint density at radius 3 is 1.20 bits per heavy atom. The molecule has 0 saturated heterocycles. The Morgan fingerprint density at radius 1 is 0.533 bits per heavy atom. The number of rotatable bonds is 2. The maximum atomic E-state index is 5.58. The van der Waals surface area contributed by atoms with Crippen molar-refractivity contribution in [2.45, 2.75) is 0 Å². The third-order valence-corrected chi connectivity index (χ3v) is 1.72. The molecule has 0 atom stereocenters. The summed E-state index contributed by atoms with van der Waals surface area (Å²) in [4.78, 5) is 0. The smallest absolute Gasteiger partial charge is 0.457 e. The van der Waals surface area contributed by atoms with E-state index in [9.17, 15) is 0 Å². The van der Waals surface area contributed by atoms with Gasteiger partial charge in [-0.15, -0.1) is 0 Å². The number of ether oxygens (including phenoxy) is 1. The van der Waals surface area contributed by atoms with Crippen LogP contribution in [0.25, 0.3) is 0 Å². The molecule has 0 aliphatic carbocycles. The van der Waals surface area contributed by atoms with Crippen LogP contribution in [0.4, 0.5) is 0 Å². The van der Waals surface area contributed by atoms with Gasteiger partial charge in [0.15, 0.2) is 0 Å². The maximum absolute atomic E-state index is 5.58. The molecule has 2 aromatic rings. The van der Waals surface area contributed by atoms with Crippen LogP contribution in [-0.2, 0) is 0 Å².